The molecule has 27 heavy (non-hydrogen) atoms. The molecule has 0 atom stereocenters. The summed E-state index contributed by atoms with van der Waals surface area (Å²) in [4.78, 5) is 16.2. The van der Waals surface area contributed by atoms with Gasteiger partial charge in [-0.05, 0) is 31.2 Å². The van der Waals surface area contributed by atoms with Gasteiger partial charge < -0.3 is 14.0 Å². The molecule has 3 rings (SSSR count). The second-order valence-electron chi connectivity index (χ2n) is 5.26. The van der Waals surface area contributed by atoms with E-state index in [1.807, 2.05) is 13.0 Å². The van der Waals surface area contributed by atoms with Crippen LogP contribution in [0.25, 0.3) is 11.4 Å². The Morgan fingerprint density at radius 2 is 1.96 bits per heavy atom. The number of carbonyl (C=O) groups excluding carboxylic acids is 1. The van der Waals surface area contributed by atoms with Crippen molar-refractivity contribution in [1.82, 2.24) is 10.1 Å². The van der Waals surface area contributed by atoms with Gasteiger partial charge in [0.05, 0.1) is 22.8 Å². The van der Waals surface area contributed by atoms with Gasteiger partial charge in [0.2, 0.25) is 5.82 Å². The van der Waals surface area contributed by atoms with Crippen LogP contribution in [0.4, 0.5) is 8.78 Å². The number of aromatic nitrogens is 2. The Hall–Kier alpha value is -3.00. The van der Waals surface area contributed by atoms with E-state index >= 15 is 0 Å². The van der Waals surface area contributed by atoms with Crippen molar-refractivity contribution in [1.29, 1.82) is 0 Å². The van der Waals surface area contributed by atoms with Crippen LogP contribution in [0.2, 0.25) is 5.02 Å². The van der Waals surface area contributed by atoms with Crippen LogP contribution < -0.4 is 4.74 Å². The summed E-state index contributed by atoms with van der Waals surface area (Å²) >= 11 is 5.74. The summed E-state index contributed by atoms with van der Waals surface area (Å²) in [6.45, 7) is 1.95. The second kappa shape index (κ2) is 8.13. The number of hydrogen-bond donors (Lipinski definition) is 0. The summed E-state index contributed by atoms with van der Waals surface area (Å²) in [6.07, 6.45) is 0. The number of carbonyl (C=O) groups is 1. The van der Waals surface area contributed by atoms with Gasteiger partial charge in [0.15, 0.2) is 18.2 Å². The Morgan fingerprint density at radius 3 is 2.74 bits per heavy atom. The minimum Gasteiger partial charge on any atom is -0.493 e. The third-order valence-electron chi connectivity index (χ3n) is 3.45. The zero-order valence-corrected chi connectivity index (χ0v) is 14.8. The van der Waals surface area contributed by atoms with Crippen molar-refractivity contribution >= 4 is 17.6 Å². The number of ether oxygens (including phenoxy) is 2. The average molecular weight is 395 g/mol. The van der Waals surface area contributed by atoms with E-state index in [1.165, 1.54) is 0 Å². The summed E-state index contributed by atoms with van der Waals surface area (Å²) in [5.74, 6) is -2.46. The molecular formula is C18H13ClF2N2O4. The van der Waals surface area contributed by atoms with E-state index in [1.54, 1.807) is 18.2 Å². The van der Waals surface area contributed by atoms with Crippen molar-refractivity contribution in [3.63, 3.8) is 0 Å². The van der Waals surface area contributed by atoms with E-state index in [4.69, 9.17) is 25.6 Å². The number of benzene rings is 2. The first-order chi connectivity index (χ1) is 13.0. The molecule has 0 radical (unpaired) electrons. The molecule has 0 unspecified atom stereocenters. The lowest BCUT2D eigenvalue weighted by Crippen LogP contribution is -2.07. The number of esters is 1. The first kappa shape index (κ1) is 18.8. The minimum absolute atomic E-state index is 0.0170. The van der Waals surface area contributed by atoms with Gasteiger partial charge in [-0.2, -0.15) is 4.98 Å². The predicted molar refractivity (Wildman–Crippen MR) is 91.4 cm³/mol. The van der Waals surface area contributed by atoms with Crippen LogP contribution in [0, 0.1) is 11.6 Å². The molecule has 0 N–H and O–H groups in total. The van der Waals surface area contributed by atoms with E-state index in [9.17, 15) is 13.6 Å². The van der Waals surface area contributed by atoms with Crippen LogP contribution in [0.1, 0.15) is 23.2 Å². The second-order valence-corrected chi connectivity index (χ2v) is 5.67. The van der Waals surface area contributed by atoms with Gasteiger partial charge in [0.25, 0.3) is 5.89 Å². The normalized spacial score (nSPS) is 10.7. The lowest BCUT2D eigenvalue weighted by molar-refractivity contribution is 0.0429. The summed E-state index contributed by atoms with van der Waals surface area (Å²) in [5, 5.41) is 3.56. The highest BCUT2D eigenvalue weighted by molar-refractivity contribution is 6.33. The average Bonchev–Trinajstić information content (AvgIpc) is 3.12. The van der Waals surface area contributed by atoms with Gasteiger partial charge in [0.1, 0.15) is 5.75 Å². The number of para-hydroxylation sites is 1. The lowest BCUT2D eigenvalue weighted by Gasteiger charge is -2.06. The topological polar surface area (TPSA) is 74.5 Å². The highest BCUT2D eigenvalue weighted by atomic mass is 35.5. The maximum absolute atomic E-state index is 13.3. The molecule has 0 fully saturated rings. The molecular weight excluding hydrogens is 382 g/mol. The molecule has 2 aromatic carbocycles. The Labute approximate surface area is 157 Å². The smallest absolute Gasteiger partial charge is 0.340 e. The molecule has 0 saturated carbocycles. The molecule has 1 heterocycles. The molecule has 9 heteroatoms. The molecule has 3 aromatic rings. The van der Waals surface area contributed by atoms with E-state index < -0.39 is 17.6 Å². The van der Waals surface area contributed by atoms with Crippen molar-refractivity contribution in [3.05, 3.63) is 64.5 Å². The Balaban J connectivity index is 1.72. The van der Waals surface area contributed by atoms with Gasteiger partial charge in [-0.3, -0.25) is 0 Å². The van der Waals surface area contributed by atoms with E-state index in [2.05, 4.69) is 10.1 Å². The van der Waals surface area contributed by atoms with Crippen LogP contribution in [0.5, 0.6) is 5.75 Å². The van der Waals surface area contributed by atoms with Gasteiger partial charge in [-0.15, -0.1) is 0 Å². The third kappa shape index (κ3) is 4.22. The molecule has 0 aliphatic carbocycles. The largest absolute Gasteiger partial charge is 0.493 e. The van der Waals surface area contributed by atoms with Crippen molar-refractivity contribution < 1.29 is 27.6 Å². The SMILES string of the molecule is CCOc1ccccc1-c1noc(COC(=O)c2cc(F)c(F)cc2Cl)n1. The first-order valence-corrected chi connectivity index (χ1v) is 8.23. The van der Waals surface area contributed by atoms with Gasteiger partial charge in [-0.1, -0.05) is 28.9 Å². The molecule has 0 amide bonds. The fourth-order valence-electron chi connectivity index (χ4n) is 2.24. The van der Waals surface area contributed by atoms with Crippen molar-refractivity contribution in [2.45, 2.75) is 13.5 Å². The molecule has 6 nitrogen and oxygen atoms in total. The van der Waals surface area contributed by atoms with Crippen molar-refractivity contribution in [3.8, 4) is 17.1 Å². The molecule has 1 aromatic heterocycles. The van der Waals surface area contributed by atoms with Crippen LogP contribution in [-0.4, -0.2) is 22.7 Å². The van der Waals surface area contributed by atoms with Gasteiger partial charge >= 0.3 is 5.97 Å². The maximum Gasteiger partial charge on any atom is 0.340 e. The summed E-state index contributed by atoms with van der Waals surface area (Å²) < 4.78 is 41.9. The van der Waals surface area contributed by atoms with E-state index in [0.717, 1.165) is 0 Å². The van der Waals surface area contributed by atoms with E-state index in [0.29, 0.717) is 30.1 Å². The van der Waals surface area contributed by atoms with Crippen LogP contribution in [0.3, 0.4) is 0 Å². The fourth-order valence-corrected chi connectivity index (χ4v) is 2.47. The Kier molecular flexibility index (Phi) is 5.66. The highest BCUT2D eigenvalue weighted by Gasteiger charge is 2.18. The summed E-state index contributed by atoms with van der Waals surface area (Å²) in [6, 6.07) is 8.48. The Morgan fingerprint density at radius 1 is 1.22 bits per heavy atom. The number of hydrogen-bond acceptors (Lipinski definition) is 6. The standard InChI is InChI=1S/C18H13ClF2N2O4/c1-2-25-15-6-4-3-5-10(15)17-22-16(27-23-17)9-26-18(24)11-7-13(20)14(21)8-12(11)19/h3-8H,2,9H2,1H3. The highest BCUT2D eigenvalue weighted by Crippen LogP contribution is 2.27. The molecule has 0 aliphatic heterocycles. The lowest BCUT2D eigenvalue weighted by atomic mass is 10.2. The quantitative estimate of drug-likeness (QED) is 0.455. The summed E-state index contributed by atoms with van der Waals surface area (Å²) in [7, 11) is 0. The van der Waals surface area contributed by atoms with Crippen molar-refractivity contribution in [2.24, 2.45) is 0 Å². The number of rotatable bonds is 6. The molecule has 0 bridgehead atoms. The third-order valence-corrected chi connectivity index (χ3v) is 3.77. The minimum atomic E-state index is -1.21. The number of halogens is 3. The van der Waals surface area contributed by atoms with E-state index in [-0.39, 0.29) is 28.9 Å². The maximum atomic E-state index is 13.3. The zero-order chi connectivity index (χ0) is 19.4. The van der Waals surface area contributed by atoms with Crippen LogP contribution in [-0.2, 0) is 11.3 Å². The zero-order valence-electron chi connectivity index (χ0n) is 14.0. The van der Waals surface area contributed by atoms with Crippen LogP contribution in [0.15, 0.2) is 40.9 Å². The van der Waals surface area contributed by atoms with Crippen LogP contribution >= 0.6 is 11.6 Å². The van der Waals surface area contributed by atoms with Gasteiger partial charge in [-0.25, -0.2) is 13.6 Å². The fraction of sp³-hybridized carbons (Fsp3) is 0.167. The van der Waals surface area contributed by atoms with Gasteiger partial charge in [0, 0.05) is 0 Å². The molecule has 0 spiro atoms. The summed E-state index contributed by atoms with van der Waals surface area (Å²) in [5.41, 5.74) is 0.307. The number of nitrogens with zero attached hydrogens (tertiary/aromatic N) is 2. The first-order valence-electron chi connectivity index (χ1n) is 7.86. The Bertz CT molecular complexity index is 978. The molecule has 140 valence electrons. The monoisotopic (exact) mass is 394 g/mol. The predicted octanol–water partition coefficient (Wildman–Crippen LogP) is 4.42. The molecule has 0 saturated heterocycles. The van der Waals surface area contributed by atoms with Crippen molar-refractivity contribution in [2.75, 3.05) is 6.61 Å². The molecule has 0 aliphatic rings.